The minimum Gasteiger partial charge on any atom is -0.493 e. The van der Waals surface area contributed by atoms with Gasteiger partial charge < -0.3 is 14.8 Å². The van der Waals surface area contributed by atoms with Crippen LogP contribution in [0.4, 0.5) is 10.1 Å². The Hall–Kier alpha value is -3.24. The van der Waals surface area contributed by atoms with E-state index in [2.05, 4.69) is 47.7 Å². The summed E-state index contributed by atoms with van der Waals surface area (Å²) in [5, 5.41) is 6.37. The summed E-state index contributed by atoms with van der Waals surface area (Å²) >= 11 is 6.75. The second kappa shape index (κ2) is 11.8. The molecular formula is C24H20Br2FN3O4. The summed E-state index contributed by atoms with van der Waals surface area (Å²) in [7, 11) is 1.47. The van der Waals surface area contributed by atoms with Crippen molar-refractivity contribution >= 4 is 55.6 Å². The van der Waals surface area contributed by atoms with Crippen LogP contribution in [-0.4, -0.2) is 25.1 Å². The van der Waals surface area contributed by atoms with Gasteiger partial charge in [0.05, 0.1) is 17.8 Å². The quantitative estimate of drug-likeness (QED) is 0.220. The van der Waals surface area contributed by atoms with Gasteiger partial charge in [-0.05, 0) is 70.4 Å². The van der Waals surface area contributed by atoms with Gasteiger partial charge in [0, 0.05) is 15.7 Å². The number of carbonyl (C=O) groups is 2. The van der Waals surface area contributed by atoms with Crippen LogP contribution >= 0.6 is 31.9 Å². The molecule has 0 saturated heterocycles. The highest BCUT2D eigenvalue weighted by Crippen LogP contribution is 2.37. The van der Waals surface area contributed by atoms with E-state index >= 15 is 0 Å². The largest absolute Gasteiger partial charge is 0.493 e. The van der Waals surface area contributed by atoms with Crippen molar-refractivity contribution in [3.05, 3.63) is 86.1 Å². The summed E-state index contributed by atoms with van der Waals surface area (Å²) in [6.07, 6.45) is 1.35. The second-order valence-electron chi connectivity index (χ2n) is 7.03. The maximum absolute atomic E-state index is 13.9. The molecule has 3 aromatic rings. The van der Waals surface area contributed by atoms with Crippen LogP contribution in [0.5, 0.6) is 11.5 Å². The number of benzene rings is 3. The molecule has 2 N–H and O–H groups in total. The van der Waals surface area contributed by atoms with Gasteiger partial charge in [0.1, 0.15) is 12.4 Å². The first kappa shape index (κ1) is 25.4. The third kappa shape index (κ3) is 6.64. The lowest BCUT2D eigenvalue weighted by Crippen LogP contribution is -2.32. The van der Waals surface area contributed by atoms with Gasteiger partial charge in [-0.2, -0.15) is 5.10 Å². The third-order valence-corrected chi connectivity index (χ3v) is 5.69. The lowest BCUT2D eigenvalue weighted by Gasteiger charge is -2.14. The van der Waals surface area contributed by atoms with Gasteiger partial charge in [-0.15, -0.1) is 0 Å². The number of anilines is 1. The van der Waals surface area contributed by atoms with E-state index in [4.69, 9.17) is 9.47 Å². The van der Waals surface area contributed by atoms with Crippen molar-refractivity contribution < 1.29 is 23.5 Å². The summed E-state index contributed by atoms with van der Waals surface area (Å²) < 4.78 is 26.4. The second-order valence-corrected chi connectivity index (χ2v) is 8.80. The zero-order valence-corrected chi connectivity index (χ0v) is 21.4. The molecule has 3 aromatic carbocycles. The molecule has 0 heterocycles. The van der Waals surface area contributed by atoms with Crippen LogP contribution in [0.15, 0.2) is 68.6 Å². The third-order valence-electron chi connectivity index (χ3n) is 4.60. The number of amides is 2. The molecular weight excluding hydrogens is 573 g/mol. The Morgan fingerprint density at radius 1 is 1.09 bits per heavy atom. The number of hydrazone groups is 1. The highest BCUT2D eigenvalue weighted by atomic mass is 79.9. The van der Waals surface area contributed by atoms with Gasteiger partial charge in [0.25, 0.3) is 0 Å². The zero-order valence-electron chi connectivity index (χ0n) is 18.2. The van der Waals surface area contributed by atoms with Gasteiger partial charge >= 0.3 is 11.8 Å². The molecule has 34 heavy (non-hydrogen) atoms. The number of methoxy groups -OCH3 is 1. The van der Waals surface area contributed by atoms with Crippen LogP contribution in [0, 0.1) is 12.7 Å². The molecule has 176 valence electrons. The van der Waals surface area contributed by atoms with Gasteiger partial charge in [0.15, 0.2) is 11.5 Å². The first-order valence-electron chi connectivity index (χ1n) is 9.92. The SMILES string of the molecule is COc1cc(/C=N/NC(=O)C(=O)Nc2ccc(Br)cc2C)cc(Br)c1OCc1ccccc1F. The standard InChI is InChI=1S/C24H20Br2FN3O4/c1-14-9-17(25)7-8-20(14)29-23(31)24(32)30-28-12-15-10-18(26)22(21(11-15)33-2)34-13-16-5-3-4-6-19(16)27/h3-12H,13H2,1-2H3,(H,29,31)(H,30,32)/b28-12+. The smallest absolute Gasteiger partial charge is 0.329 e. The monoisotopic (exact) mass is 591 g/mol. The number of hydrogen-bond donors (Lipinski definition) is 2. The van der Waals surface area contributed by atoms with Crippen molar-refractivity contribution in [3.63, 3.8) is 0 Å². The van der Waals surface area contributed by atoms with Crippen LogP contribution in [0.25, 0.3) is 0 Å². The average Bonchev–Trinajstić information content (AvgIpc) is 2.80. The molecule has 10 heteroatoms. The van der Waals surface area contributed by atoms with Crippen molar-refractivity contribution in [1.29, 1.82) is 0 Å². The number of nitrogens with zero attached hydrogens (tertiary/aromatic N) is 1. The maximum atomic E-state index is 13.9. The average molecular weight is 593 g/mol. The van der Waals surface area contributed by atoms with E-state index in [0.717, 1.165) is 10.0 Å². The van der Waals surface area contributed by atoms with Gasteiger partial charge in [-0.25, -0.2) is 9.82 Å². The van der Waals surface area contributed by atoms with Crippen LogP contribution in [0.2, 0.25) is 0 Å². The first-order valence-corrected chi connectivity index (χ1v) is 11.5. The Balaban J connectivity index is 1.63. The molecule has 0 saturated carbocycles. The number of hydrogen-bond acceptors (Lipinski definition) is 5. The fraction of sp³-hybridized carbons (Fsp3) is 0.125. The number of halogens is 3. The van der Waals surface area contributed by atoms with E-state index in [0.29, 0.717) is 32.8 Å². The fourth-order valence-electron chi connectivity index (χ4n) is 2.88. The van der Waals surface area contributed by atoms with Crippen molar-refractivity contribution in [2.75, 3.05) is 12.4 Å². The Bertz CT molecular complexity index is 1250. The Kier molecular flexibility index (Phi) is 8.78. The topological polar surface area (TPSA) is 89.0 Å². The summed E-state index contributed by atoms with van der Waals surface area (Å²) in [6.45, 7) is 1.82. The van der Waals surface area contributed by atoms with Crippen molar-refractivity contribution in [2.45, 2.75) is 13.5 Å². The molecule has 0 aromatic heterocycles. The highest BCUT2D eigenvalue weighted by Gasteiger charge is 2.15. The Morgan fingerprint density at radius 3 is 2.56 bits per heavy atom. The van der Waals surface area contributed by atoms with Gasteiger partial charge in [-0.1, -0.05) is 34.1 Å². The molecule has 7 nitrogen and oxygen atoms in total. The van der Waals surface area contributed by atoms with E-state index in [1.54, 1.807) is 42.5 Å². The first-order chi connectivity index (χ1) is 16.3. The van der Waals surface area contributed by atoms with Crippen molar-refractivity contribution in [3.8, 4) is 11.5 Å². The molecule has 0 spiro atoms. The van der Waals surface area contributed by atoms with Gasteiger partial charge in [-0.3, -0.25) is 9.59 Å². The van der Waals surface area contributed by atoms with E-state index < -0.39 is 11.8 Å². The lowest BCUT2D eigenvalue weighted by atomic mass is 10.2. The van der Waals surface area contributed by atoms with Gasteiger partial charge in [0.2, 0.25) is 0 Å². The molecule has 0 fully saturated rings. The molecule has 0 aliphatic heterocycles. The van der Waals surface area contributed by atoms with E-state index in [1.165, 1.54) is 19.4 Å². The molecule has 0 aliphatic rings. The molecule has 3 rings (SSSR count). The van der Waals surface area contributed by atoms with Crippen LogP contribution in [0.3, 0.4) is 0 Å². The van der Waals surface area contributed by atoms with E-state index in [1.807, 2.05) is 13.0 Å². The van der Waals surface area contributed by atoms with E-state index in [9.17, 15) is 14.0 Å². The predicted molar refractivity (Wildman–Crippen MR) is 135 cm³/mol. The lowest BCUT2D eigenvalue weighted by molar-refractivity contribution is -0.136. The molecule has 2 amide bonds. The summed E-state index contributed by atoms with van der Waals surface area (Å²) in [4.78, 5) is 24.2. The van der Waals surface area contributed by atoms with Crippen molar-refractivity contribution in [1.82, 2.24) is 5.43 Å². The van der Waals surface area contributed by atoms with Crippen LogP contribution in [0.1, 0.15) is 16.7 Å². The molecule has 0 aliphatic carbocycles. The normalized spacial score (nSPS) is 10.7. The number of ether oxygens (including phenoxy) is 2. The fourth-order valence-corrected chi connectivity index (χ4v) is 3.93. The molecule has 0 atom stereocenters. The minimum atomic E-state index is -0.922. The van der Waals surface area contributed by atoms with Crippen LogP contribution in [-0.2, 0) is 16.2 Å². The number of carbonyl (C=O) groups excluding carboxylic acids is 2. The zero-order chi connectivity index (χ0) is 24.7. The summed E-state index contributed by atoms with van der Waals surface area (Å²) in [5.41, 5.74) is 4.47. The van der Waals surface area contributed by atoms with Crippen molar-refractivity contribution in [2.24, 2.45) is 5.10 Å². The maximum Gasteiger partial charge on any atom is 0.329 e. The summed E-state index contributed by atoms with van der Waals surface area (Å²) in [5.74, 6) is -1.37. The number of rotatable bonds is 7. The minimum absolute atomic E-state index is 0.0120. The number of aryl methyl sites for hydroxylation is 1. The van der Waals surface area contributed by atoms with E-state index in [-0.39, 0.29) is 12.4 Å². The molecule has 0 unspecified atom stereocenters. The molecule has 0 bridgehead atoms. The van der Waals surface area contributed by atoms with Crippen LogP contribution < -0.4 is 20.2 Å². The highest BCUT2D eigenvalue weighted by molar-refractivity contribution is 9.10. The number of nitrogens with one attached hydrogen (secondary N) is 2. The summed E-state index contributed by atoms with van der Waals surface area (Å²) in [6, 6.07) is 14.9. The Labute approximate surface area is 212 Å². The predicted octanol–water partition coefficient (Wildman–Crippen LogP) is 5.34. The Morgan fingerprint density at radius 2 is 1.85 bits per heavy atom. The molecule has 0 radical (unpaired) electrons.